The average molecular weight is 339 g/mol. The zero-order chi connectivity index (χ0) is 11.4. The van der Waals surface area contributed by atoms with E-state index in [1.807, 2.05) is 13.8 Å². The van der Waals surface area contributed by atoms with Crippen molar-refractivity contribution in [2.24, 2.45) is 0 Å². The Morgan fingerprint density at radius 3 is 2.60 bits per heavy atom. The Kier molecular flexibility index (Phi) is 5.26. The lowest BCUT2D eigenvalue weighted by atomic mass is 9.95. The van der Waals surface area contributed by atoms with Crippen LogP contribution in [0.3, 0.4) is 0 Å². The maximum atomic E-state index is 6.22. The fourth-order valence-corrected chi connectivity index (χ4v) is 2.68. The molecule has 0 radical (unpaired) electrons. The van der Waals surface area contributed by atoms with E-state index in [0.717, 1.165) is 24.2 Å². The molecule has 1 aromatic heterocycles. The van der Waals surface area contributed by atoms with Crippen molar-refractivity contribution in [3.8, 4) is 0 Å². The molecular weight excluding hydrogens is 322 g/mol. The first-order valence-electron chi connectivity index (χ1n) is 5.15. The van der Waals surface area contributed by atoms with Crippen LogP contribution in [0.1, 0.15) is 42.6 Å². The van der Waals surface area contributed by atoms with E-state index in [-0.39, 0.29) is 3.38 Å². The van der Waals surface area contributed by atoms with Gasteiger partial charge in [0, 0.05) is 5.92 Å². The molecule has 0 aliphatic carbocycles. The number of hydrogen-bond donors (Lipinski definition) is 0. The van der Waals surface area contributed by atoms with Crippen molar-refractivity contribution in [3.63, 3.8) is 0 Å². The highest BCUT2D eigenvalue weighted by Gasteiger charge is 2.20. The van der Waals surface area contributed by atoms with Crippen molar-refractivity contribution in [3.05, 3.63) is 23.0 Å². The Bertz CT molecular complexity index is 328. The van der Waals surface area contributed by atoms with Crippen LogP contribution in [0, 0.1) is 13.8 Å². The highest BCUT2D eigenvalue weighted by atomic mass is 127. The van der Waals surface area contributed by atoms with Crippen LogP contribution in [0.5, 0.6) is 0 Å². The van der Waals surface area contributed by atoms with Gasteiger partial charge < -0.3 is 0 Å². The van der Waals surface area contributed by atoms with Gasteiger partial charge in [0.2, 0.25) is 0 Å². The quantitative estimate of drug-likeness (QED) is 0.613. The molecule has 2 unspecified atom stereocenters. The van der Waals surface area contributed by atoms with Crippen LogP contribution < -0.4 is 0 Å². The van der Waals surface area contributed by atoms with Crippen LogP contribution in [0.15, 0.2) is 6.07 Å². The Morgan fingerprint density at radius 1 is 1.40 bits per heavy atom. The molecule has 2 atom stereocenters. The molecule has 1 aromatic rings. The number of rotatable bonds is 4. The minimum atomic E-state index is 0.116. The third-order valence-electron chi connectivity index (χ3n) is 2.44. The third-order valence-corrected chi connectivity index (χ3v) is 3.62. The van der Waals surface area contributed by atoms with Gasteiger partial charge in [-0.1, -0.05) is 35.9 Å². The molecular formula is C11H16ClIN2. The van der Waals surface area contributed by atoms with Crippen LogP contribution in [0.4, 0.5) is 0 Å². The first kappa shape index (κ1) is 13.2. The highest BCUT2D eigenvalue weighted by molar-refractivity contribution is 14.1. The molecule has 4 heteroatoms. The molecule has 84 valence electrons. The highest BCUT2D eigenvalue weighted by Crippen LogP contribution is 2.33. The number of aryl methyl sites for hydroxylation is 2. The summed E-state index contributed by atoms with van der Waals surface area (Å²) in [6, 6.07) is 2.11. The second kappa shape index (κ2) is 5.99. The van der Waals surface area contributed by atoms with Gasteiger partial charge in [0.1, 0.15) is 0 Å². The second-order valence-corrected chi connectivity index (χ2v) is 6.30. The molecule has 1 heterocycles. The summed E-state index contributed by atoms with van der Waals surface area (Å²) in [6.45, 7) is 6.15. The lowest BCUT2D eigenvalue weighted by molar-refractivity contribution is 0.648. The normalized spacial score (nSPS) is 15.0. The molecule has 0 amide bonds. The summed E-state index contributed by atoms with van der Waals surface area (Å²) in [5.74, 6) is 0.381. The van der Waals surface area contributed by atoms with Crippen molar-refractivity contribution in [2.45, 2.75) is 42.9 Å². The van der Waals surface area contributed by atoms with Crippen LogP contribution >= 0.6 is 34.2 Å². The minimum Gasteiger partial charge on any atom is -0.156 e. The Labute approximate surface area is 110 Å². The summed E-state index contributed by atoms with van der Waals surface area (Å²) in [4.78, 5) is 0. The number of alkyl halides is 2. The van der Waals surface area contributed by atoms with Gasteiger partial charge in [0.25, 0.3) is 0 Å². The van der Waals surface area contributed by atoms with Gasteiger partial charge in [-0.15, -0.1) is 11.6 Å². The predicted molar refractivity (Wildman–Crippen MR) is 72.8 cm³/mol. The first-order chi connectivity index (χ1) is 7.06. The smallest absolute Gasteiger partial charge is 0.0919 e. The molecule has 0 saturated heterocycles. The van der Waals surface area contributed by atoms with E-state index in [9.17, 15) is 0 Å². The molecule has 0 bridgehead atoms. The molecule has 0 fully saturated rings. The van der Waals surface area contributed by atoms with E-state index in [1.165, 1.54) is 5.56 Å². The summed E-state index contributed by atoms with van der Waals surface area (Å²) in [5, 5.41) is 8.20. The van der Waals surface area contributed by atoms with Crippen LogP contribution in [0.2, 0.25) is 0 Å². The van der Waals surface area contributed by atoms with E-state index in [4.69, 9.17) is 11.6 Å². The van der Waals surface area contributed by atoms with Crippen molar-refractivity contribution < 1.29 is 0 Å². The van der Waals surface area contributed by atoms with E-state index in [2.05, 4.69) is 45.8 Å². The van der Waals surface area contributed by atoms with E-state index in [0.29, 0.717) is 5.92 Å². The van der Waals surface area contributed by atoms with Crippen molar-refractivity contribution in [1.82, 2.24) is 10.2 Å². The van der Waals surface area contributed by atoms with E-state index in [1.54, 1.807) is 0 Å². The van der Waals surface area contributed by atoms with Crippen LogP contribution in [-0.4, -0.2) is 13.6 Å². The SMILES string of the molecule is CCCC(c1cc(C)nnc1C)C(Cl)I. The molecule has 0 aliphatic rings. The Hall–Kier alpha value is 0.1000. The number of nitrogens with zero attached hydrogens (tertiary/aromatic N) is 2. The standard InChI is InChI=1S/C11H16ClIN2/c1-4-5-9(11(12)13)10-6-7(2)14-15-8(10)3/h6,9,11H,4-5H2,1-3H3. The van der Waals surface area contributed by atoms with Crippen molar-refractivity contribution >= 4 is 34.2 Å². The zero-order valence-corrected chi connectivity index (χ0v) is 12.2. The monoisotopic (exact) mass is 338 g/mol. The summed E-state index contributed by atoms with van der Waals surface area (Å²) in [5.41, 5.74) is 3.21. The van der Waals surface area contributed by atoms with Gasteiger partial charge >= 0.3 is 0 Å². The van der Waals surface area contributed by atoms with Gasteiger partial charge in [-0.25, -0.2) is 0 Å². The molecule has 0 saturated carbocycles. The van der Waals surface area contributed by atoms with E-state index < -0.39 is 0 Å². The molecule has 0 N–H and O–H groups in total. The fraction of sp³-hybridized carbons (Fsp3) is 0.636. The maximum Gasteiger partial charge on any atom is 0.0919 e. The summed E-state index contributed by atoms with van der Waals surface area (Å²) in [6.07, 6.45) is 2.24. The van der Waals surface area contributed by atoms with Gasteiger partial charge in [0.15, 0.2) is 0 Å². The maximum absolute atomic E-state index is 6.22. The van der Waals surface area contributed by atoms with Gasteiger partial charge in [-0.3, -0.25) is 0 Å². The third kappa shape index (κ3) is 3.55. The minimum absolute atomic E-state index is 0.116. The molecule has 0 spiro atoms. The summed E-state index contributed by atoms with van der Waals surface area (Å²) >= 11 is 8.50. The number of aromatic nitrogens is 2. The molecule has 2 nitrogen and oxygen atoms in total. The topological polar surface area (TPSA) is 25.8 Å². The van der Waals surface area contributed by atoms with Crippen LogP contribution in [-0.2, 0) is 0 Å². The zero-order valence-electron chi connectivity index (χ0n) is 9.30. The second-order valence-electron chi connectivity index (χ2n) is 3.76. The van der Waals surface area contributed by atoms with Gasteiger partial charge in [-0.2, -0.15) is 10.2 Å². The first-order valence-corrected chi connectivity index (χ1v) is 6.83. The van der Waals surface area contributed by atoms with Crippen LogP contribution in [0.25, 0.3) is 0 Å². The summed E-state index contributed by atoms with van der Waals surface area (Å²) in [7, 11) is 0. The Balaban J connectivity index is 3.04. The number of hydrogen-bond acceptors (Lipinski definition) is 2. The average Bonchev–Trinajstić information content (AvgIpc) is 2.18. The van der Waals surface area contributed by atoms with Gasteiger partial charge in [-0.05, 0) is 31.9 Å². The number of halogens is 2. The lowest BCUT2D eigenvalue weighted by Gasteiger charge is -2.19. The molecule has 0 aromatic carbocycles. The Morgan fingerprint density at radius 2 is 2.07 bits per heavy atom. The molecule has 15 heavy (non-hydrogen) atoms. The summed E-state index contributed by atoms with van der Waals surface area (Å²) < 4.78 is 0.116. The van der Waals surface area contributed by atoms with Crippen molar-refractivity contribution in [2.75, 3.05) is 0 Å². The molecule has 1 rings (SSSR count). The van der Waals surface area contributed by atoms with E-state index >= 15 is 0 Å². The fourth-order valence-electron chi connectivity index (χ4n) is 1.67. The molecule has 0 aliphatic heterocycles. The predicted octanol–water partition coefficient (Wildman–Crippen LogP) is 3.98. The van der Waals surface area contributed by atoms with Gasteiger partial charge in [0.05, 0.1) is 14.8 Å². The lowest BCUT2D eigenvalue weighted by Crippen LogP contribution is -2.10. The van der Waals surface area contributed by atoms with Crippen molar-refractivity contribution in [1.29, 1.82) is 0 Å². The largest absolute Gasteiger partial charge is 0.156 e.